The lowest BCUT2D eigenvalue weighted by molar-refractivity contribution is 0.0236. The standard InChI is InChI=1S/C19H31O2PSi/c1-15(2)19(16(3)4)17(14-23(6,7)21-19)13-22(5,20)18-11-9-8-10-12-18/h8-13,15-16H,14H2,1-7H3/b17-13+. The molecule has 1 heterocycles. The molecule has 0 amide bonds. The Bertz CT molecular complexity index is 624. The Morgan fingerprint density at radius 1 is 1.13 bits per heavy atom. The van der Waals surface area contributed by atoms with Gasteiger partial charge in [-0.25, -0.2) is 0 Å². The Morgan fingerprint density at radius 3 is 2.13 bits per heavy atom. The Labute approximate surface area is 142 Å². The molecule has 0 radical (unpaired) electrons. The molecule has 1 unspecified atom stereocenters. The third-order valence-corrected chi connectivity index (χ3v) is 9.20. The van der Waals surface area contributed by atoms with Gasteiger partial charge in [0.1, 0.15) is 7.14 Å². The third kappa shape index (κ3) is 3.57. The molecule has 1 saturated heterocycles. The summed E-state index contributed by atoms with van der Waals surface area (Å²) in [5.74, 6) is 2.82. The Hall–Kier alpha value is -0.633. The van der Waals surface area contributed by atoms with Gasteiger partial charge in [0.15, 0.2) is 8.32 Å². The first-order valence-corrected chi connectivity index (χ1v) is 13.9. The van der Waals surface area contributed by atoms with E-state index in [-0.39, 0.29) is 5.60 Å². The van der Waals surface area contributed by atoms with Gasteiger partial charge >= 0.3 is 0 Å². The predicted molar refractivity (Wildman–Crippen MR) is 103 cm³/mol. The van der Waals surface area contributed by atoms with Crippen LogP contribution in [-0.4, -0.2) is 20.6 Å². The van der Waals surface area contributed by atoms with Crippen LogP contribution in [0.15, 0.2) is 41.7 Å². The van der Waals surface area contributed by atoms with Crippen molar-refractivity contribution in [2.24, 2.45) is 11.8 Å². The molecule has 0 aromatic heterocycles. The van der Waals surface area contributed by atoms with Gasteiger partial charge in [-0.3, -0.25) is 0 Å². The van der Waals surface area contributed by atoms with Crippen LogP contribution >= 0.6 is 7.14 Å². The lowest BCUT2D eigenvalue weighted by Crippen LogP contribution is -2.44. The zero-order valence-corrected chi connectivity index (χ0v) is 17.5. The third-order valence-electron chi connectivity index (χ3n) is 4.95. The van der Waals surface area contributed by atoms with E-state index in [0.717, 1.165) is 11.3 Å². The van der Waals surface area contributed by atoms with E-state index in [1.54, 1.807) is 0 Å². The highest BCUT2D eigenvalue weighted by atomic mass is 31.2. The van der Waals surface area contributed by atoms with E-state index < -0.39 is 15.5 Å². The fourth-order valence-electron chi connectivity index (χ4n) is 4.04. The van der Waals surface area contributed by atoms with E-state index in [4.69, 9.17) is 4.43 Å². The summed E-state index contributed by atoms with van der Waals surface area (Å²) in [5, 5.41) is 0.931. The zero-order valence-electron chi connectivity index (χ0n) is 15.6. The molecule has 1 aromatic carbocycles. The van der Waals surface area contributed by atoms with E-state index in [1.807, 2.05) is 37.0 Å². The molecule has 2 nitrogen and oxygen atoms in total. The van der Waals surface area contributed by atoms with E-state index in [9.17, 15) is 4.57 Å². The smallest absolute Gasteiger partial charge is 0.192 e. The van der Waals surface area contributed by atoms with Crippen molar-refractivity contribution in [2.45, 2.75) is 52.4 Å². The summed E-state index contributed by atoms with van der Waals surface area (Å²) in [7, 11) is -4.28. The Kier molecular flexibility index (Phi) is 5.16. The highest BCUT2D eigenvalue weighted by Crippen LogP contribution is 2.54. The molecule has 1 atom stereocenters. The second kappa shape index (κ2) is 6.35. The molecule has 1 aromatic rings. The highest BCUT2D eigenvalue weighted by molar-refractivity contribution is 7.73. The molecule has 1 aliphatic rings. The van der Waals surface area contributed by atoms with Crippen molar-refractivity contribution in [3.8, 4) is 0 Å². The summed E-state index contributed by atoms with van der Waals surface area (Å²) in [6.45, 7) is 15.3. The zero-order chi connectivity index (χ0) is 17.5. The average Bonchev–Trinajstić information content (AvgIpc) is 2.71. The number of rotatable bonds is 4. The van der Waals surface area contributed by atoms with Gasteiger partial charge in [0.25, 0.3) is 0 Å². The van der Waals surface area contributed by atoms with Gasteiger partial charge in [-0.05, 0) is 49.0 Å². The second-order valence-corrected chi connectivity index (χ2v) is 15.0. The second-order valence-electron chi connectivity index (χ2n) is 8.12. The van der Waals surface area contributed by atoms with Crippen molar-refractivity contribution >= 4 is 20.8 Å². The van der Waals surface area contributed by atoms with Crippen LogP contribution in [0.1, 0.15) is 27.7 Å². The lowest BCUT2D eigenvalue weighted by atomic mass is 9.76. The van der Waals surface area contributed by atoms with Crippen LogP contribution in [0.4, 0.5) is 0 Å². The van der Waals surface area contributed by atoms with Crippen LogP contribution in [0.3, 0.4) is 0 Å². The summed E-state index contributed by atoms with van der Waals surface area (Å²) in [4.78, 5) is 0. The maximum atomic E-state index is 13.4. The van der Waals surface area contributed by atoms with Crippen molar-refractivity contribution in [1.29, 1.82) is 0 Å². The molecule has 0 N–H and O–H groups in total. The molecule has 4 heteroatoms. The first-order chi connectivity index (χ1) is 10.5. The maximum Gasteiger partial charge on any atom is 0.192 e. The molecule has 0 aliphatic carbocycles. The summed E-state index contributed by atoms with van der Waals surface area (Å²) in [5.41, 5.74) is 1.00. The van der Waals surface area contributed by atoms with Crippen LogP contribution in [0, 0.1) is 11.8 Å². The van der Waals surface area contributed by atoms with Gasteiger partial charge < -0.3 is 8.99 Å². The van der Waals surface area contributed by atoms with Crippen LogP contribution in [0.5, 0.6) is 0 Å². The topological polar surface area (TPSA) is 26.3 Å². The summed E-state index contributed by atoms with van der Waals surface area (Å²) in [6.07, 6.45) is 0. The molecular formula is C19H31O2PSi. The summed E-state index contributed by atoms with van der Waals surface area (Å²) in [6, 6.07) is 10.8. The summed E-state index contributed by atoms with van der Waals surface area (Å²) < 4.78 is 20.1. The molecule has 0 saturated carbocycles. The van der Waals surface area contributed by atoms with Crippen LogP contribution in [0.2, 0.25) is 19.1 Å². The quantitative estimate of drug-likeness (QED) is 0.531. The largest absolute Gasteiger partial charge is 0.407 e. The first kappa shape index (κ1) is 18.7. The van der Waals surface area contributed by atoms with E-state index in [1.165, 1.54) is 5.57 Å². The van der Waals surface area contributed by atoms with Crippen LogP contribution in [0.25, 0.3) is 0 Å². The van der Waals surface area contributed by atoms with E-state index in [2.05, 4.69) is 46.6 Å². The molecule has 0 bridgehead atoms. The summed E-state index contributed by atoms with van der Waals surface area (Å²) >= 11 is 0. The predicted octanol–water partition coefficient (Wildman–Crippen LogP) is 5.47. The molecule has 2 rings (SSSR count). The van der Waals surface area contributed by atoms with Crippen molar-refractivity contribution < 1.29 is 8.99 Å². The minimum Gasteiger partial charge on any atom is -0.407 e. The van der Waals surface area contributed by atoms with E-state index in [0.29, 0.717) is 11.8 Å². The van der Waals surface area contributed by atoms with Gasteiger partial charge in [-0.1, -0.05) is 58.0 Å². The van der Waals surface area contributed by atoms with E-state index >= 15 is 0 Å². The maximum absolute atomic E-state index is 13.4. The lowest BCUT2D eigenvalue weighted by Gasteiger charge is -2.41. The van der Waals surface area contributed by atoms with Gasteiger partial charge in [-0.2, -0.15) is 0 Å². The van der Waals surface area contributed by atoms with Gasteiger partial charge in [0, 0.05) is 5.30 Å². The molecule has 128 valence electrons. The molecular weight excluding hydrogens is 319 g/mol. The van der Waals surface area contributed by atoms with Crippen molar-refractivity contribution in [3.05, 3.63) is 41.7 Å². The van der Waals surface area contributed by atoms with Gasteiger partial charge in [0.05, 0.1) is 5.60 Å². The Morgan fingerprint density at radius 2 is 1.65 bits per heavy atom. The molecule has 0 spiro atoms. The number of hydrogen-bond donors (Lipinski definition) is 0. The van der Waals surface area contributed by atoms with Gasteiger partial charge in [0.2, 0.25) is 0 Å². The minimum absolute atomic E-state index is 0.268. The fourth-order valence-corrected chi connectivity index (χ4v) is 8.90. The Balaban J connectivity index is 2.56. The molecule has 1 aliphatic heterocycles. The van der Waals surface area contributed by atoms with Crippen molar-refractivity contribution in [1.82, 2.24) is 0 Å². The average molecular weight is 351 g/mol. The van der Waals surface area contributed by atoms with Crippen molar-refractivity contribution in [3.63, 3.8) is 0 Å². The molecule has 1 fully saturated rings. The van der Waals surface area contributed by atoms with Crippen LogP contribution < -0.4 is 5.30 Å². The SMILES string of the molecule is CC(C)C1(C(C)C)O[Si](C)(C)C/C1=C\P(C)(=O)c1ccccc1. The first-order valence-electron chi connectivity index (χ1n) is 8.56. The molecule has 23 heavy (non-hydrogen) atoms. The fraction of sp³-hybridized carbons (Fsp3) is 0.579. The number of benzene rings is 1. The van der Waals surface area contributed by atoms with Gasteiger partial charge in [-0.15, -0.1) is 0 Å². The monoisotopic (exact) mass is 350 g/mol. The normalized spacial score (nSPS) is 24.3. The van der Waals surface area contributed by atoms with Crippen LogP contribution in [-0.2, 0) is 8.99 Å². The van der Waals surface area contributed by atoms with Crippen molar-refractivity contribution in [2.75, 3.05) is 6.66 Å². The highest BCUT2D eigenvalue weighted by Gasteiger charge is 2.53. The number of hydrogen-bond acceptors (Lipinski definition) is 2. The minimum atomic E-state index is -2.53.